The summed E-state index contributed by atoms with van der Waals surface area (Å²) in [6, 6.07) is 0. The van der Waals surface area contributed by atoms with Gasteiger partial charge in [0.25, 0.3) is 0 Å². The van der Waals surface area contributed by atoms with Crippen LogP contribution < -0.4 is 0 Å². The highest BCUT2D eigenvalue weighted by Gasteiger charge is 1.68. The number of rotatable bonds is 1. The summed E-state index contributed by atoms with van der Waals surface area (Å²) in [5.74, 6) is 0. The Hall–Kier alpha value is -0.300. The Morgan fingerprint density at radius 2 is 2.83 bits per heavy atom. The topological polar surface area (TPSA) is 20.2 Å². The molecule has 0 bridgehead atoms. The van der Waals surface area contributed by atoms with Gasteiger partial charge in [0, 0.05) is 4.11 Å². The Balaban J connectivity index is 4.03. The van der Waals surface area contributed by atoms with Crippen molar-refractivity contribution in [3.05, 3.63) is 11.6 Å². The van der Waals surface area contributed by atoms with Crippen molar-refractivity contribution in [2.75, 3.05) is 6.61 Å². The van der Waals surface area contributed by atoms with Crippen LogP contribution in [0.1, 0.15) is 17.9 Å². The number of aliphatic hydroxyl groups is 1. The molecule has 0 aromatic heterocycles. The molecule has 0 amide bonds. The maximum Gasteiger partial charge on any atom is 0.0614 e. The maximum absolute atomic E-state index is 8.27. The largest absolute Gasteiger partial charge is 0.392 e. The zero-order chi connectivity index (χ0) is 7.49. The summed E-state index contributed by atoms with van der Waals surface area (Å²) in [5.41, 5.74) is 0.241. The van der Waals surface area contributed by atoms with Crippen molar-refractivity contribution in [3.8, 4) is 0 Å². The van der Waals surface area contributed by atoms with Crippen LogP contribution in [-0.4, -0.2) is 11.7 Å². The average Bonchev–Trinajstić information content (AvgIpc) is 1.64. The molecule has 0 aromatic rings. The van der Waals surface area contributed by atoms with Crippen molar-refractivity contribution in [1.29, 1.82) is 0 Å². The smallest absolute Gasteiger partial charge is 0.0614 e. The molecule has 0 aliphatic heterocycles. The summed E-state index contributed by atoms with van der Waals surface area (Å²) in [6.07, 6.45) is 1.28. The maximum atomic E-state index is 8.27. The van der Waals surface area contributed by atoms with E-state index in [1.54, 1.807) is 0 Å². The van der Waals surface area contributed by atoms with Gasteiger partial charge in [-0.05, 0) is 13.8 Å². The van der Waals surface area contributed by atoms with E-state index in [2.05, 4.69) is 0 Å². The standard InChI is InChI=1S/C5H10O/c1-5(2)3-4-6/h3,6H,4H2,1-2H3/i1D3/b5-3+. The third kappa shape index (κ3) is 3.70. The minimum Gasteiger partial charge on any atom is -0.392 e. The van der Waals surface area contributed by atoms with E-state index < -0.39 is 6.85 Å². The SMILES string of the molecule is [2H]C([2H])([2H])/C(C)=C\CO. The molecule has 36 valence electrons. The van der Waals surface area contributed by atoms with E-state index in [1.807, 2.05) is 0 Å². The Morgan fingerprint density at radius 3 is 3.00 bits per heavy atom. The second-order valence-electron chi connectivity index (χ2n) is 1.07. The van der Waals surface area contributed by atoms with Gasteiger partial charge >= 0.3 is 0 Å². The molecule has 0 saturated carbocycles. The summed E-state index contributed by atoms with van der Waals surface area (Å²) >= 11 is 0. The van der Waals surface area contributed by atoms with Gasteiger partial charge in [-0.1, -0.05) is 11.6 Å². The van der Waals surface area contributed by atoms with Crippen LogP contribution in [0.15, 0.2) is 11.6 Å². The van der Waals surface area contributed by atoms with Crippen LogP contribution in [0.2, 0.25) is 0 Å². The molecule has 1 nitrogen and oxygen atoms in total. The zero-order valence-corrected chi connectivity index (χ0v) is 3.73. The van der Waals surface area contributed by atoms with E-state index in [9.17, 15) is 0 Å². The van der Waals surface area contributed by atoms with Crippen LogP contribution in [0.25, 0.3) is 0 Å². The lowest BCUT2D eigenvalue weighted by atomic mass is 10.3. The lowest BCUT2D eigenvalue weighted by Gasteiger charge is -1.80. The summed E-state index contributed by atoms with van der Waals surface area (Å²) in [7, 11) is 0. The van der Waals surface area contributed by atoms with Crippen LogP contribution in [0, 0.1) is 0 Å². The number of allylic oxidation sites excluding steroid dienone is 1. The second kappa shape index (κ2) is 2.91. The van der Waals surface area contributed by atoms with Gasteiger partial charge in [0.1, 0.15) is 0 Å². The van der Waals surface area contributed by atoms with Crippen LogP contribution in [0.4, 0.5) is 0 Å². The van der Waals surface area contributed by atoms with Crippen LogP contribution >= 0.6 is 0 Å². The highest BCUT2D eigenvalue weighted by molar-refractivity contribution is 4.91. The molecule has 0 saturated heterocycles. The molecule has 0 fully saturated rings. The minimum atomic E-state index is -2.04. The van der Waals surface area contributed by atoms with Crippen molar-refractivity contribution in [2.24, 2.45) is 0 Å². The van der Waals surface area contributed by atoms with Crippen LogP contribution in [0.5, 0.6) is 0 Å². The van der Waals surface area contributed by atoms with Crippen molar-refractivity contribution in [2.45, 2.75) is 13.8 Å². The average molecular weight is 89.2 g/mol. The molecule has 0 aliphatic rings. The molecule has 6 heavy (non-hydrogen) atoms. The highest BCUT2D eigenvalue weighted by Crippen LogP contribution is 1.83. The monoisotopic (exact) mass is 89.1 g/mol. The van der Waals surface area contributed by atoms with E-state index in [4.69, 9.17) is 9.22 Å². The fourth-order valence-electron chi connectivity index (χ4n) is 0.137. The summed E-state index contributed by atoms with van der Waals surface area (Å²) in [5, 5.41) is 8.27. The number of aliphatic hydroxyl groups excluding tert-OH is 1. The van der Waals surface area contributed by atoms with E-state index >= 15 is 0 Å². The second-order valence-corrected chi connectivity index (χ2v) is 1.07. The van der Waals surface area contributed by atoms with Gasteiger partial charge in [0.15, 0.2) is 0 Å². The first-order chi connectivity index (χ1) is 3.98. The predicted molar refractivity (Wildman–Crippen MR) is 26.5 cm³/mol. The quantitative estimate of drug-likeness (QED) is 0.474. The predicted octanol–water partition coefficient (Wildman–Crippen LogP) is 0.945. The molecule has 0 aromatic carbocycles. The van der Waals surface area contributed by atoms with Gasteiger partial charge in [-0.15, -0.1) is 0 Å². The third-order valence-corrected chi connectivity index (χ3v) is 0.397. The Labute approximate surface area is 42.5 Å². The first-order valence-corrected chi connectivity index (χ1v) is 1.76. The molecule has 0 aliphatic carbocycles. The van der Waals surface area contributed by atoms with Crippen molar-refractivity contribution < 1.29 is 9.22 Å². The minimum absolute atomic E-state index is 0.204. The van der Waals surface area contributed by atoms with Crippen LogP contribution in [-0.2, 0) is 0 Å². The molecule has 0 radical (unpaired) electrons. The van der Waals surface area contributed by atoms with Gasteiger partial charge in [-0.25, -0.2) is 0 Å². The molecular formula is C5H10O. The van der Waals surface area contributed by atoms with Crippen molar-refractivity contribution in [1.82, 2.24) is 0 Å². The van der Waals surface area contributed by atoms with Gasteiger partial charge in [0.2, 0.25) is 0 Å². The van der Waals surface area contributed by atoms with E-state index in [0.29, 0.717) is 0 Å². The summed E-state index contributed by atoms with van der Waals surface area (Å²) in [6.45, 7) is -0.768. The molecule has 0 heterocycles. The molecule has 0 unspecified atom stereocenters. The molecule has 0 spiro atoms. The zero-order valence-electron chi connectivity index (χ0n) is 6.73. The lowest BCUT2D eigenvalue weighted by Crippen LogP contribution is -1.71. The third-order valence-electron chi connectivity index (χ3n) is 0.397. The fraction of sp³-hybridized carbons (Fsp3) is 0.600. The summed E-state index contributed by atoms with van der Waals surface area (Å²) < 4.78 is 20.4. The van der Waals surface area contributed by atoms with Crippen molar-refractivity contribution >= 4 is 0 Å². The summed E-state index contributed by atoms with van der Waals surface area (Å²) in [4.78, 5) is 0. The fourth-order valence-corrected chi connectivity index (χ4v) is 0.137. The molecule has 0 rings (SSSR count). The lowest BCUT2D eigenvalue weighted by molar-refractivity contribution is 0.342. The number of hydrogen-bond donors (Lipinski definition) is 1. The Kier molecular flexibility index (Phi) is 1.03. The molecule has 0 atom stereocenters. The van der Waals surface area contributed by atoms with Gasteiger partial charge in [-0.2, -0.15) is 0 Å². The van der Waals surface area contributed by atoms with Gasteiger partial charge < -0.3 is 5.11 Å². The van der Waals surface area contributed by atoms with Crippen LogP contribution in [0.3, 0.4) is 0 Å². The van der Waals surface area contributed by atoms with Gasteiger partial charge in [0.05, 0.1) is 6.61 Å². The van der Waals surface area contributed by atoms with E-state index in [1.165, 1.54) is 13.0 Å². The first kappa shape index (κ1) is 2.12. The van der Waals surface area contributed by atoms with E-state index in [0.717, 1.165) is 0 Å². The van der Waals surface area contributed by atoms with Crippen molar-refractivity contribution in [3.63, 3.8) is 0 Å². The molecule has 1 N–H and O–H groups in total. The molecular weight excluding hydrogens is 76.1 g/mol. The molecule has 1 heteroatoms. The van der Waals surface area contributed by atoms with E-state index in [-0.39, 0.29) is 12.2 Å². The number of hydrogen-bond acceptors (Lipinski definition) is 1. The normalized spacial score (nSPS) is 21.7. The van der Waals surface area contributed by atoms with Gasteiger partial charge in [-0.3, -0.25) is 0 Å². The first-order valence-electron chi connectivity index (χ1n) is 3.26. The Morgan fingerprint density at radius 1 is 2.17 bits per heavy atom. The Bertz CT molecular complexity index is 114. The highest BCUT2D eigenvalue weighted by atomic mass is 16.2.